The van der Waals surface area contributed by atoms with Crippen molar-refractivity contribution >= 4 is 34.2 Å². The summed E-state index contributed by atoms with van der Waals surface area (Å²) in [5.74, 6) is 0.328. The molecule has 124 valence electrons. The number of rotatable bonds is 4. The molecule has 0 bridgehead atoms. The van der Waals surface area contributed by atoms with Gasteiger partial charge in [0.2, 0.25) is 5.89 Å². The van der Waals surface area contributed by atoms with E-state index in [2.05, 4.69) is 19.7 Å². The number of carbonyl (C=O) groups excluding carboxylic acids is 1. The van der Waals surface area contributed by atoms with E-state index in [-0.39, 0.29) is 5.91 Å². The van der Waals surface area contributed by atoms with Crippen LogP contribution in [0, 0.1) is 0 Å². The first-order chi connectivity index (χ1) is 12.2. The number of oxazole rings is 1. The van der Waals surface area contributed by atoms with Crippen molar-refractivity contribution in [3.05, 3.63) is 59.4 Å². The van der Waals surface area contributed by atoms with Crippen molar-refractivity contribution in [3.63, 3.8) is 0 Å². The van der Waals surface area contributed by atoms with Gasteiger partial charge in [-0.3, -0.25) is 9.78 Å². The van der Waals surface area contributed by atoms with Gasteiger partial charge in [0, 0.05) is 18.1 Å². The van der Waals surface area contributed by atoms with Crippen LogP contribution in [0.5, 0.6) is 0 Å². The normalized spacial score (nSPS) is 10.9. The Morgan fingerprint density at radius 3 is 2.96 bits per heavy atom. The predicted octanol–water partition coefficient (Wildman–Crippen LogP) is 4.16. The van der Waals surface area contributed by atoms with Gasteiger partial charge in [-0.15, -0.1) is 0 Å². The van der Waals surface area contributed by atoms with Crippen LogP contribution in [0.4, 0.5) is 5.69 Å². The second-order valence-corrected chi connectivity index (χ2v) is 6.24. The Balaban J connectivity index is 1.59. The van der Waals surface area contributed by atoms with Crippen molar-refractivity contribution in [2.45, 2.75) is 13.3 Å². The highest BCUT2D eigenvalue weighted by Crippen LogP contribution is 2.26. The zero-order chi connectivity index (χ0) is 17.2. The molecule has 0 spiro atoms. The number of aryl methyl sites for hydroxylation is 1. The lowest BCUT2D eigenvalue weighted by Crippen LogP contribution is -2.09. The third-order valence-electron chi connectivity index (χ3n) is 3.70. The standard InChI is InChI=1S/C18H14N4O2S/c1-2-12-9-16(25-22-12)17(23)20-13-5-6-15-14(8-13)21-18(24-15)11-4-3-7-19-10-11/h3-10H,2H2,1H3,(H,20,23). The minimum atomic E-state index is -0.174. The Bertz CT molecular complexity index is 1040. The van der Waals surface area contributed by atoms with Gasteiger partial charge in [-0.1, -0.05) is 6.92 Å². The summed E-state index contributed by atoms with van der Waals surface area (Å²) in [4.78, 5) is 21.4. The summed E-state index contributed by atoms with van der Waals surface area (Å²) in [7, 11) is 0. The molecule has 3 heterocycles. The topological polar surface area (TPSA) is 80.9 Å². The van der Waals surface area contributed by atoms with Crippen molar-refractivity contribution in [3.8, 4) is 11.5 Å². The highest BCUT2D eigenvalue weighted by molar-refractivity contribution is 7.08. The highest BCUT2D eigenvalue weighted by atomic mass is 32.1. The van der Waals surface area contributed by atoms with E-state index >= 15 is 0 Å². The number of nitrogens with one attached hydrogen (secondary N) is 1. The third-order valence-corrected chi connectivity index (χ3v) is 4.52. The summed E-state index contributed by atoms with van der Waals surface area (Å²) in [5.41, 5.74) is 3.72. The average Bonchev–Trinajstić information content (AvgIpc) is 3.29. The van der Waals surface area contributed by atoms with E-state index in [0.717, 1.165) is 17.7 Å². The molecule has 1 amide bonds. The van der Waals surface area contributed by atoms with E-state index in [1.807, 2.05) is 25.1 Å². The number of nitrogens with zero attached hydrogens (tertiary/aromatic N) is 3. The van der Waals surface area contributed by atoms with Crippen LogP contribution in [0.3, 0.4) is 0 Å². The number of carbonyl (C=O) groups is 1. The first-order valence-electron chi connectivity index (χ1n) is 7.81. The van der Waals surface area contributed by atoms with Crippen LogP contribution < -0.4 is 5.32 Å². The van der Waals surface area contributed by atoms with Gasteiger partial charge >= 0.3 is 0 Å². The van der Waals surface area contributed by atoms with E-state index < -0.39 is 0 Å². The van der Waals surface area contributed by atoms with Crippen LogP contribution in [0.1, 0.15) is 22.3 Å². The lowest BCUT2D eigenvalue weighted by atomic mass is 10.2. The monoisotopic (exact) mass is 350 g/mol. The number of benzene rings is 1. The fourth-order valence-corrected chi connectivity index (χ4v) is 3.12. The smallest absolute Gasteiger partial charge is 0.267 e. The van der Waals surface area contributed by atoms with Gasteiger partial charge < -0.3 is 9.73 Å². The second kappa shape index (κ2) is 6.45. The summed E-state index contributed by atoms with van der Waals surface area (Å²) < 4.78 is 9.98. The average molecular weight is 350 g/mol. The molecule has 25 heavy (non-hydrogen) atoms. The van der Waals surface area contributed by atoms with Crippen LogP contribution in [0.15, 0.2) is 53.2 Å². The number of pyridine rings is 1. The van der Waals surface area contributed by atoms with Crippen LogP contribution in [-0.2, 0) is 6.42 Å². The van der Waals surface area contributed by atoms with E-state index in [9.17, 15) is 4.79 Å². The molecule has 0 fully saturated rings. The molecule has 0 aliphatic heterocycles. The van der Waals surface area contributed by atoms with E-state index in [0.29, 0.717) is 27.6 Å². The molecule has 0 saturated carbocycles. The maximum atomic E-state index is 12.3. The summed E-state index contributed by atoms with van der Waals surface area (Å²) >= 11 is 1.20. The maximum Gasteiger partial charge on any atom is 0.267 e. The summed E-state index contributed by atoms with van der Waals surface area (Å²) in [6, 6.07) is 10.9. The Kier molecular flexibility index (Phi) is 3.99. The molecule has 4 aromatic rings. The zero-order valence-electron chi connectivity index (χ0n) is 13.4. The molecule has 0 radical (unpaired) electrons. The van der Waals surface area contributed by atoms with E-state index in [1.54, 1.807) is 30.6 Å². The third kappa shape index (κ3) is 3.14. The lowest BCUT2D eigenvalue weighted by molar-refractivity contribution is 0.103. The predicted molar refractivity (Wildman–Crippen MR) is 96.7 cm³/mol. The number of anilines is 1. The Morgan fingerprint density at radius 1 is 1.28 bits per heavy atom. The lowest BCUT2D eigenvalue weighted by Gasteiger charge is -2.02. The fourth-order valence-electron chi connectivity index (χ4n) is 2.40. The van der Waals surface area contributed by atoms with Crippen molar-refractivity contribution in [1.29, 1.82) is 0 Å². The SMILES string of the molecule is CCc1cc(C(=O)Nc2ccc3oc(-c4cccnc4)nc3c2)sn1. The molecule has 0 atom stereocenters. The van der Waals surface area contributed by atoms with Crippen molar-refractivity contribution in [1.82, 2.24) is 14.3 Å². The van der Waals surface area contributed by atoms with E-state index in [1.165, 1.54) is 11.5 Å². The van der Waals surface area contributed by atoms with Gasteiger partial charge in [-0.25, -0.2) is 4.98 Å². The van der Waals surface area contributed by atoms with Crippen LogP contribution in [0.2, 0.25) is 0 Å². The summed E-state index contributed by atoms with van der Waals surface area (Å²) in [5, 5.41) is 2.87. The van der Waals surface area contributed by atoms with Gasteiger partial charge in [-0.05, 0) is 54.4 Å². The Morgan fingerprint density at radius 2 is 2.20 bits per heavy atom. The Labute approximate surface area is 147 Å². The van der Waals surface area contributed by atoms with Crippen molar-refractivity contribution in [2.75, 3.05) is 5.32 Å². The van der Waals surface area contributed by atoms with Gasteiger partial charge in [0.1, 0.15) is 10.4 Å². The van der Waals surface area contributed by atoms with Crippen LogP contribution in [0.25, 0.3) is 22.6 Å². The molecular weight excluding hydrogens is 336 g/mol. The van der Waals surface area contributed by atoms with Gasteiger partial charge in [0.15, 0.2) is 5.58 Å². The van der Waals surface area contributed by atoms with E-state index in [4.69, 9.17) is 4.42 Å². The second-order valence-electron chi connectivity index (χ2n) is 5.43. The first-order valence-corrected chi connectivity index (χ1v) is 8.58. The van der Waals surface area contributed by atoms with Crippen LogP contribution >= 0.6 is 11.5 Å². The molecule has 6 nitrogen and oxygen atoms in total. The molecular formula is C18H14N4O2S. The minimum Gasteiger partial charge on any atom is -0.436 e. The fraction of sp³-hybridized carbons (Fsp3) is 0.111. The maximum absolute atomic E-state index is 12.3. The van der Waals surface area contributed by atoms with Gasteiger partial charge in [0.25, 0.3) is 5.91 Å². The molecule has 4 rings (SSSR count). The number of hydrogen-bond acceptors (Lipinski definition) is 6. The minimum absolute atomic E-state index is 0.174. The van der Waals surface area contributed by atoms with Crippen molar-refractivity contribution in [2.24, 2.45) is 0 Å². The summed E-state index contributed by atoms with van der Waals surface area (Å²) in [6.45, 7) is 2.01. The number of hydrogen-bond donors (Lipinski definition) is 1. The molecule has 0 aliphatic rings. The number of aromatic nitrogens is 3. The zero-order valence-corrected chi connectivity index (χ0v) is 14.2. The van der Waals surface area contributed by atoms with Crippen LogP contribution in [-0.4, -0.2) is 20.2 Å². The van der Waals surface area contributed by atoms with Gasteiger partial charge in [0.05, 0.1) is 11.3 Å². The Hall–Kier alpha value is -3.06. The summed E-state index contributed by atoms with van der Waals surface area (Å²) in [6.07, 6.45) is 4.21. The molecule has 0 unspecified atom stereocenters. The molecule has 0 saturated heterocycles. The molecule has 1 aromatic carbocycles. The first kappa shape index (κ1) is 15.5. The molecule has 0 aliphatic carbocycles. The quantitative estimate of drug-likeness (QED) is 0.598. The number of fused-ring (bicyclic) bond motifs is 1. The van der Waals surface area contributed by atoms with Crippen molar-refractivity contribution < 1.29 is 9.21 Å². The molecule has 1 N–H and O–H groups in total. The highest BCUT2D eigenvalue weighted by Gasteiger charge is 2.13. The molecule has 7 heteroatoms. The molecule has 3 aromatic heterocycles. The van der Waals surface area contributed by atoms with Gasteiger partial charge in [-0.2, -0.15) is 4.37 Å². The number of amides is 1. The largest absolute Gasteiger partial charge is 0.436 e.